The molecule has 0 unspecified atom stereocenters. The molecule has 18 heavy (non-hydrogen) atoms. The lowest BCUT2D eigenvalue weighted by Gasteiger charge is -2.33. The number of nitrogens with two attached hydrogens (primary N) is 1. The van der Waals surface area contributed by atoms with Crippen LogP contribution >= 0.6 is 0 Å². The van der Waals surface area contributed by atoms with Gasteiger partial charge in [0.1, 0.15) is 5.69 Å². The third-order valence-electron chi connectivity index (χ3n) is 3.57. The van der Waals surface area contributed by atoms with Crippen LogP contribution in [0.3, 0.4) is 0 Å². The Kier molecular flexibility index (Phi) is 3.59. The number of nitrogens with one attached hydrogen (secondary N) is 1. The fourth-order valence-electron chi connectivity index (χ4n) is 2.40. The van der Waals surface area contributed by atoms with E-state index in [1.165, 1.54) is 6.07 Å². The van der Waals surface area contributed by atoms with Crippen LogP contribution in [-0.4, -0.2) is 20.1 Å². The van der Waals surface area contributed by atoms with Crippen molar-refractivity contribution in [3.8, 4) is 0 Å². The maximum absolute atomic E-state index is 14.3. The molecule has 1 aromatic rings. The van der Waals surface area contributed by atoms with E-state index in [0.717, 1.165) is 12.8 Å². The molecule has 0 atom stereocenters. The smallest absolute Gasteiger partial charge is 0.174 e. The van der Waals surface area contributed by atoms with E-state index in [2.05, 4.69) is 12.2 Å². The number of nitrogens with zero attached hydrogens (tertiary/aromatic N) is 1. The molecule has 0 spiro atoms. The van der Waals surface area contributed by atoms with E-state index in [1.807, 2.05) is 0 Å². The zero-order valence-electron chi connectivity index (χ0n) is 10.8. The summed E-state index contributed by atoms with van der Waals surface area (Å²) < 4.78 is 28.2. The van der Waals surface area contributed by atoms with E-state index in [1.54, 1.807) is 11.9 Å². The highest BCUT2D eigenvalue weighted by Gasteiger charge is 2.24. The van der Waals surface area contributed by atoms with Crippen LogP contribution in [0.1, 0.15) is 19.8 Å². The predicted molar refractivity (Wildman–Crippen MR) is 70.9 cm³/mol. The van der Waals surface area contributed by atoms with Gasteiger partial charge >= 0.3 is 0 Å². The number of benzene rings is 1. The van der Waals surface area contributed by atoms with Gasteiger partial charge in [0.05, 0.1) is 11.4 Å². The maximum Gasteiger partial charge on any atom is 0.174 e. The zero-order valence-corrected chi connectivity index (χ0v) is 10.8. The molecule has 100 valence electrons. The first-order valence-electron chi connectivity index (χ1n) is 6.24. The summed E-state index contributed by atoms with van der Waals surface area (Å²) in [7, 11) is 1.58. The fraction of sp³-hybridized carbons (Fsp3) is 0.538. The molecule has 1 fully saturated rings. The molecule has 1 aromatic carbocycles. The largest absolute Gasteiger partial charge is 0.397 e. The summed E-state index contributed by atoms with van der Waals surface area (Å²) in [6, 6.07) is 1.18. The summed E-state index contributed by atoms with van der Waals surface area (Å²) in [5.74, 6) is -0.562. The molecule has 0 saturated carbocycles. The van der Waals surface area contributed by atoms with Gasteiger partial charge in [-0.25, -0.2) is 8.78 Å². The van der Waals surface area contributed by atoms with Gasteiger partial charge in [0, 0.05) is 26.2 Å². The second kappa shape index (κ2) is 5.00. The Morgan fingerprint density at radius 1 is 1.33 bits per heavy atom. The predicted octanol–water partition coefficient (Wildman–Crippen LogP) is 2.83. The van der Waals surface area contributed by atoms with Gasteiger partial charge in [0.15, 0.2) is 11.6 Å². The first-order valence-corrected chi connectivity index (χ1v) is 6.24. The number of hydrogen-bond donors (Lipinski definition) is 2. The first-order chi connectivity index (χ1) is 8.54. The maximum atomic E-state index is 14.3. The Labute approximate surface area is 106 Å². The second-order valence-corrected chi connectivity index (χ2v) is 4.90. The lowest BCUT2D eigenvalue weighted by molar-refractivity contribution is 0.430. The van der Waals surface area contributed by atoms with Crippen LogP contribution in [0.15, 0.2) is 6.07 Å². The van der Waals surface area contributed by atoms with Crippen molar-refractivity contribution in [3.63, 3.8) is 0 Å². The quantitative estimate of drug-likeness (QED) is 0.798. The number of anilines is 3. The van der Waals surface area contributed by atoms with Crippen molar-refractivity contribution < 1.29 is 8.78 Å². The van der Waals surface area contributed by atoms with Crippen molar-refractivity contribution in [2.45, 2.75) is 19.8 Å². The minimum atomic E-state index is -0.593. The van der Waals surface area contributed by atoms with Gasteiger partial charge in [-0.2, -0.15) is 0 Å². The summed E-state index contributed by atoms with van der Waals surface area (Å²) >= 11 is 0. The van der Waals surface area contributed by atoms with E-state index in [-0.39, 0.29) is 17.1 Å². The van der Waals surface area contributed by atoms with Gasteiger partial charge < -0.3 is 16.0 Å². The van der Waals surface area contributed by atoms with E-state index >= 15 is 0 Å². The third-order valence-corrected chi connectivity index (χ3v) is 3.57. The van der Waals surface area contributed by atoms with Crippen molar-refractivity contribution in [2.24, 2.45) is 5.92 Å². The number of nitrogen functional groups attached to an aromatic ring is 1. The monoisotopic (exact) mass is 255 g/mol. The van der Waals surface area contributed by atoms with E-state index in [4.69, 9.17) is 5.73 Å². The topological polar surface area (TPSA) is 41.3 Å². The van der Waals surface area contributed by atoms with Crippen molar-refractivity contribution in [1.82, 2.24) is 0 Å². The molecule has 2 rings (SSSR count). The minimum Gasteiger partial charge on any atom is -0.397 e. The van der Waals surface area contributed by atoms with Crippen LogP contribution in [0.25, 0.3) is 0 Å². The van der Waals surface area contributed by atoms with E-state index in [9.17, 15) is 8.78 Å². The van der Waals surface area contributed by atoms with Crippen molar-refractivity contribution >= 4 is 17.1 Å². The zero-order chi connectivity index (χ0) is 13.3. The SMILES string of the molecule is CNc1c(N)cc(F)c(N2CCC(C)CC2)c1F. The van der Waals surface area contributed by atoms with Crippen LogP contribution < -0.4 is 16.0 Å². The van der Waals surface area contributed by atoms with E-state index < -0.39 is 11.6 Å². The third kappa shape index (κ3) is 2.21. The summed E-state index contributed by atoms with van der Waals surface area (Å²) in [6.45, 7) is 3.52. The lowest BCUT2D eigenvalue weighted by atomic mass is 9.98. The Morgan fingerprint density at radius 2 is 1.94 bits per heavy atom. The highest BCUT2D eigenvalue weighted by molar-refractivity contribution is 5.74. The van der Waals surface area contributed by atoms with Gasteiger partial charge in [0.25, 0.3) is 0 Å². The lowest BCUT2D eigenvalue weighted by Crippen LogP contribution is -2.34. The van der Waals surface area contributed by atoms with Crippen molar-refractivity contribution in [2.75, 3.05) is 36.1 Å². The summed E-state index contributed by atoms with van der Waals surface area (Å²) in [4.78, 5) is 1.77. The molecule has 1 saturated heterocycles. The van der Waals surface area contributed by atoms with Gasteiger partial charge in [-0.05, 0) is 18.8 Å². The van der Waals surface area contributed by atoms with Crippen LogP contribution in [0.5, 0.6) is 0 Å². The standard InChI is InChI=1S/C13H19F2N3/c1-8-3-5-18(6-4-8)13-9(14)7-10(16)12(17-2)11(13)15/h7-8,17H,3-6,16H2,1-2H3. The summed E-state index contributed by atoms with van der Waals surface area (Å²) in [6.07, 6.45) is 1.91. The van der Waals surface area contributed by atoms with Crippen LogP contribution in [0.2, 0.25) is 0 Å². The minimum absolute atomic E-state index is 0.0421. The first kappa shape index (κ1) is 12.9. The molecule has 0 aliphatic carbocycles. The Balaban J connectivity index is 2.38. The van der Waals surface area contributed by atoms with Crippen LogP contribution in [0.4, 0.5) is 25.8 Å². The van der Waals surface area contributed by atoms with Crippen molar-refractivity contribution in [1.29, 1.82) is 0 Å². The molecular weight excluding hydrogens is 236 g/mol. The van der Waals surface area contributed by atoms with Gasteiger partial charge in [0.2, 0.25) is 0 Å². The van der Waals surface area contributed by atoms with E-state index in [0.29, 0.717) is 19.0 Å². The molecule has 3 nitrogen and oxygen atoms in total. The number of rotatable bonds is 2. The Morgan fingerprint density at radius 3 is 2.50 bits per heavy atom. The molecule has 1 heterocycles. The molecular formula is C13H19F2N3. The molecule has 0 aromatic heterocycles. The van der Waals surface area contributed by atoms with Gasteiger partial charge in [-0.1, -0.05) is 6.92 Å². The molecule has 1 aliphatic rings. The average molecular weight is 255 g/mol. The van der Waals surface area contributed by atoms with Gasteiger partial charge in [-0.3, -0.25) is 0 Å². The number of halogens is 2. The molecule has 5 heteroatoms. The molecule has 0 amide bonds. The van der Waals surface area contributed by atoms with Crippen LogP contribution in [-0.2, 0) is 0 Å². The molecule has 0 bridgehead atoms. The fourth-order valence-corrected chi connectivity index (χ4v) is 2.40. The van der Waals surface area contributed by atoms with Crippen LogP contribution in [0, 0.1) is 17.6 Å². The Bertz CT molecular complexity index is 440. The second-order valence-electron chi connectivity index (χ2n) is 4.90. The normalized spacial score (nSPS) is 17.0. The number of hydrogen-bond acceptors (Lipinski definition) is 3. The highest BCUT2D eigenvalue weighted by atomic mass is 19.1. The molecule has 3 N–H and O–H groups in total. The molecule has 0 radical (unpaired) electrons. The van der Waals surface area contributed by atoms with Gasteiger partial charge in [-0.15, -0.1) is 0 Å². The van der Waals surface area contributed by atoms with Crippen molar-refractivity contribution in [3.05, 3.63) is 17.7 Å². The Hall–Kier alpha value is -1.52. The number of piperidine rings is 1. The summed E-state index contributed by atoms with van der Waals surface area (Å²) in [5, 5.41) is 2.69. The average Bonchev–Trinajstić information content (AvgIpc) is 2.31. The summed E-state index contributed by atoms with van der Waals surface area (Å²) in [5.41, 5.74) is 5.90. The molecule has 1 aliphatic heterocycles. The highest BCUT2D eigenvalue weighted by Crippen LogP contribution is 2.35.